The van der Waals surface area contributed by atoms with Crippen molar-refractivity contribution >= 4 is 0 Å². The molecule has 108 valence electrons. The molecule has 0 aromatic heterocycles. The Hall–Kier alpha value is -1.06. The van der Waals surface area contributed by atoms with Gasteiger partial charge < -0.3 is 14.8 Å². The van der Waals surface area contributed by atoms with E-state index in [1.54, 1.807) is 7.11 Å². The second-order valence-corrected chi connectivity index (χ2v) is 5.38. The average Bonchev–Trinajstić information content (AvgIpc) is 2.39. The largest absolute Gasteiger partial charge is 0.497 e. The summed E-state index contributed by atoms with van der Waals surface area (Å²) in [5.74, 6) is 1.52. The molecule has 1 rings (SSSR count). The Morgan fingerprint density at radius 2 is 1.79 bits per heavy atom. The van der Waals surface area contributed by atoms with E-state index >= 15 is 0 Å². The summed E-state index contributed by atoms with van der Waals surface area (Å²) in [6.07, 6.45) is 1.02. The second-order valence-electron chi connectivity index (χ2n) is 5.38. The summed E-state index contributed by atoms with van der Waals surface area (Å²) < 4.78 is 10.7. The van der Waals surface area contributed by atoms with E-state index in [-0.39, 0.29) is 0 Å². The number of methoxy groups -OCH3 is 1. The van der Waals surface area contributed by atoms with Crippen LogP contribution >= 0.6 is 0 Å². The van der Waals surface area contributed by atoms with E-state index in [1.807, 2.05) is 12.1 Å². The molecule has 0 aliphatic carbocycles. The molecule has 0 aliphatic rings. The molecule has 1 atom stereocenters. The summed E-state index contributed by atoms with van der Waals surface area (Å²) in [7, 11) is 1.69. The lowest BCUT2D eigenvalue weighted by Crippen LogP contribution is -2.31. The molecule has 0 radical (unpaired) electrons. The third kappa shape index (κ3) is 7.19. The average molecular weight is 265 g/mol. The molecule has 1 aromatic rings. The maximum absolute atomic E-state index is 5.55. The highest BCUT2D eigenvalue weighted by atomic mass is 16.5. The van der Waals surface area contributed by atoms with Crippen LogP contribution < -0.4 is 10.1 Å². The molecule has 1 unspecified atom stereocenters. The third-order valence-corrected chi connectivity index (χ3v) is 2.89. The van der Waals surface area contributed by atoms with Crippen molar-refractivity contribution < 1.29 is 9.47 Å². The maximum Gasteiger partial charge on any atom is 0.118 e. The Kier molecular flexibility index (Phi) is 7.53. The predicted octanol–water partition coefficient (Wildman–Crippen LogP) is 2.89. The summed E-state index contributed by atoms with van der Waals surface area (Å²) in [5, 5.41) is 3.48. The number of ether oxygens (including phenoxy) is 2. The predicted molar refractivity (Wildman–Crippen MR) is 79.8 cm³/mol. The second kappa shape index (κ2) is 8.94. The van der Waals surface area contributed by atoms with Crippen LogP contribution in [0, 0.1) is 5.92 Å². The van der Waals surface area contributed by atoms with Gasteiger partial charge in [0, 0.05) is 19.2 Å². The summed E-state index contributed by atoms with van der Waals surface area (Å²) in [6, 6.07) is 8.70. The van der Waals surface area contributed by atoms with Crippen molar-refractivity contribution in [2.75, 3.05) is 26.9 Å². The molecule has 0 saturated carbocycles. The zero-order valence-corrected chi connectivity index (χ0v) is 12.6. The zero-order valence-electron chi connectivity index (χ0n) is 12.6. The molecule has 0 amide bonds. The summed E-state index contributed by atoms with van der Waals surface area (Å²) in [4.78, 5) is 0. The minimum atomic E-state index is 0.455. The normalized spacial score (nSPS) is 12.7. The molecule has 1 N–H and O–H groups in total. The van der Waals surface area contributed by atoms with Crippen LogP contribution in [-0.2, 0) is 11.2 Å². The highest BCUT2D eigenvalue weighted by Gasteiger charge is 2.03. The molecule has 1 aromatic carbocycles. The van der Waals surface area contributed by atoms with Gasteiger partial charge in [-0.05, 0) is 37.0 Å². The monoisotopic (exact) mass is 265 g/mol. The van der Waals surface area contributed by atoms with Crippen LogP contribution in [0.15, 0.2) is 24.3 Å². The standard InChI is InChI=1S/C16H27NO2/c1-13(2)12-19-10-9-17-14(3)11-15-5-7-16(18-4)8-6-15/h5-8,13-14,17H,9-12H2,1-4H3. The molecule has 0 bridgehead atoms. The number of hydrogen-bond acceptors (Lipinski definition) is 3. The first kappa shape index (κ1) is 16.0. The molecule has 0 spiro atoms. The van der Waals surface area contributed by atoms with E-state index in [0.29, 0.717) is 12.0 Å². The van der Waals surface area contributed by atoms with Crippen molar-refractivity contribution in [3.05, 3.63) is 29.8 Å². The van der Waals surface area contributed by atoms with E-state index in [1.165, 1.54) is 5.56 Å². The molecule has 0 fully saturated rings. The third-order valence-electron chi connectivity index (χ3n) is 2.89. The molecule has 0 aliphatic heterocycles. The number of nitrogens with one attached hydrogen (secondary N) is 1. The van der Waals surface area contributed by atoms with Gasteiger partial charge in [0.1, 0.15) is 5.75 Å². The molecular formula is C16H27NO2. The van der Waals surface area contributed by atoms with Gasteiger partial charge in [-0.3, -0.25) is 0 Å². The van der Waals surface area contributed by atoms with Gasteiger partial charge in [-0.2, -0.15) is 0 Å². The Morgan fingerprint density at radius 1 is 1.11 bits per heavy atom. The van der Waals surface area contributed by atoms with Gasteiger partial charge in [-0.15, -0.1) is 0 Å². The summed E-state index contributed by atoms with van der Waals surface area (Å²) >= 11 is 0. The van der Waals surface area contributed by atoms with Gasteiger partial charge in [0.2, 0.25) is 0 Å². The van der Waals surface area contributed by atoms with Gasteiger partial charge in [0.15, 0.2) is 0 Å². The number of rotatable bonds is 9. The lowest BCUT2D eigenvalue weighted by atomic mass is 10.1. The first-order chi connectivity index (χ1) is 9.11. The van der Waals surface area contributed by atoms with Gasteiger partial charge in [0.25, 0.3) is 0 Å². The molecule has 19 heavy (non-hydrogen) atoms. The van der Waals surface area contributed by atoms with Crippen LogP contribution in [-0.4, -0.2) is 32.9 Å². The van der Waals surface area contributed by atoms with Crippen molar-refractivity contribution in [3.8, 4) is 5.75 Å². The Labute approximate surface area is 117 Å². The van der Waals surface area contributed by atoms with Gasteiger partial charge >= 0.3 is 0 Å². The van der Waals surface area contributed by atoms with Gasteiger partial charge in [-0.25, -0.2) is 0 Å². The lowest BCUT2D eigenvalue weighted by Gasteiger charge is -2.14. The van der Waals surface area contributed by atoms with Gasteiger partial charge in [0.05, 0.1) is 13.7 Å². The molecule has 0 heterocycles. The highest BCUT2D eigenvalue weighted by Crippen LogP contribution is 2.12. The van der Waals surface area contributed by atoms with Crippen LogP contribution in [0.3, 0.4) is 0 Å². The highest BCUT2D eigenvalue weighted by molar-refractivity contribution is 5.27. The SMILES string of the molecule is COc1ccc(CC(C)NCCOCC(C)C)cc1. The molecule has 3 heteroatoms. The first-order valence-corrected chi connectivity index (χ1v) is 7.06. The minimum absolute atomic E-state index is 0.455. The van der Waals surface area contributed by atoms with Crippen molar-refractivity contribution in [3.63, 3.8) is 0 Å². The van der Waals surface area contributed by atoms with Crippen LogP contribution in [0.5, 0.6) is 5.75 Å². The molecule has 0 saturated heterocycles. The summed E-state index contributed by atoms with van der Waals surface area (Å²) in [5.41, 5.74) is 1.32. The van der Waals surface area contributed by atoms with E-state index in [2.05, 4.69) is 38.2 Å². The van der Waals surface area contributed by atoms with Crippen molar-refractivity contribution in [2.45, 2.75) is 33.2 Å². The fourth-order valence-corrected chi connectivity index (χ4v) is 1.88. The minimum Gasteiger partial charge on any atom is -0.497 e. The van der Waals surface area contributed by atoms with Crippen molar-refractivity contribution in [1.29, 1.82) is 0 Å². The molecule has 3 nitrogen and oxygen atoms in total. The fraction of sp³-hybridized carbons (Fsp3) is 0.625. The van der Waals surface area contributed by atoms with Crippen molar-refractivity contribution in [2.24, 2.45) is 5.92 Å². The van der Waals surface area contributed by atoms with Crippen LogP contribution in [0.4, 0.5) is 0 Å². The maximum atomic E-state index is 5.55. The Morgan fingerprint density at radius 3 is 2.37 bits per heavy atom. The zero-order chi connectivity index (χ0) is 14.1. The summed E-state index contributed by atoms with van der Waals surface area (Å²) in [6.45, 7) is 9.07. The fourth-order valence-electron chi connectivity index (χ4n) is 1.88. The van der Waals surface area contributed by atoms with Crippen molar-refractivity contribution in [1.82, 2.24) is 5.32 Å². The Bertz CT molecular complexity index is 335. The van der Waals surface area contributed by atoms with E-state index in [0.717, 1.165) is 31.9 Å². The number of benzene rings is 1. The van der Waals surface area contributed by atoms with Crippen LogP contribution in [0.25, 0.3) is 0 Å². The van der Waals surface area contributed by atoms with E-state index in [9.17, 15) is 0 Å². The van der Waals surface area contributed by atoms with E-state index in [4.69, 9.17) is 9.47 Å². The first-order valence-electron chi connectivity index (χ1n) is 7.06. The Balaban J connectivity index is 2.17. The smallest absolute Gasteiger partial charge is 0.118 e. The quantitative estimate of drug-likeness (QED) is 0.696. The number of hydrogen-bond donors (Lipinski definition) is 1. The van der Waals surface area contributed by atoms with Crippen LogP contribution in [0.2, 0.25) is 0 Å². The lowest BCUT2D eigenvalue weighted by molar-refractivity contribution is 0.110. The van der Waals surface area contributed by atoms with E-state index < -0.39 is 0 Å². The van der Waals surface area contributed by atoms with Crippen LogP contribution in [0.1, 0.15) is 26.3 Å². The molecular weight excluding hydrogens is 238 g/mol. The topological polar surface area (TPSA) is 30.5 Å². The van der Waals surface area contributed by atoms with Gasteiger partial charge in [-0.1, -0.05) is 26.0 Å².